The summed E-state index contributed by atoms with van der Waals surface area (Å²) in [4.78, 5) is 2.48. The Morgan fingerprint density at radius 2 is 1.32 bits per heavy atom. The predicted molar refractivity (Wildman–Crippen MR) is 141 cm³/mol. The third kappa shape index (κ3) is 5.28. The summed E-state index contributed by atoms with van der Waals surface area (Å²) >= 11 is 0. The summed E-state index contributed by atoms with van der Waals surface area (Å²) in [7, 11) is 0. The van der Waals surface area contributed by atoms with E-state index in [-0.39, 0.29) is 6.10 Å². The maximum Gasteiger partial charge on any atom is 0.0958 e. The highest BCUT2D eigenvalue weighted by Crippen LogP contribution is 2.21. The second kappa shape index (κ2) is 10.5. The second-order valence-corrected chi connectivity index (χ2v) is 8.76. The van der Waals surface area contributed by atoms with Crippen molar-refractivity contribution in [1.29, 1.82) is 0 Å². The van der Waals surface area contributed by atoms with Crippen molar-refractivity contribution < 1.29 is 4.74 Å². The van der Waals surface area contributed by atoms with Crippen LogP contribution in [0.1, 0.15) is 28.4 Å². The molecule has 1 unspecified atom stereocenters. The average molecular weight is 447 g/mol. The molecule has 1 heterocycles. The fourth-order valence-corrected chi connectivity index (χ4v) is 4.58. The Bertz CT molecular complexity index is 1340. The minimum Gasteiger partial charge on any atom is -0.398 e. The summed E-state index contributed by atoms with van der Waals surface area (Å²) < 4.78 is 6.34. The van der Waals surface area contributed by atoms with Gasteiger partial charge in [0.25, 0.3) is 0 Å². The second-order valence-electron chi connectivity index (χ2n) is 8.76. The van der Waals surface area contributed by atoms with Gasteiger partial charge in [0.15, 0.2) is 0 Å². The number of morpholine rings is 1. The molecule has 0 radical (unpaired) electrons. The van der Waals surface area contributed by atoms with E-state index >= 15 is 0 Å². The summed E-state index contributed by atoms with van der Waals surface area (Å²) in [5.41, 5.74) is 12.1. The topological polar surface area (TPSA) is 38.5 Å². The van der Waals surface area contributed by atoms with Crippen LogP contribution < -0.4 is 16.2 Å². The van der Waals surface area contributed by atoms with E-state index in [4.69, 9.17) is 10.5 Å². The van der Waals surface area contributed by atoms with E-state index in [1.54, 1.807) is 0 Å². The monoisotopic (exact) mass is 446 g/mol. The molecule has 170 valence electrons. The minimum absolute atomic E-state index is 0.0176. The lowest BCUT2D eigenvalue weighted by Crippen LogP contribution is -2.41. The number of hydrogen-bond acceptors (Lipinski definition) is 3. The van der Waals surface area contributed by atoms with Gasteiger partial charge in [-0.3, -0.25) is 4.90 Å². The van der Waals surface area contributed by atoms with Crippen LogP contribution in [0.2, 0.25) is 0 Å². The van der Waals surface area contributed by atoms with E-state index in [2.05, 4.69) is 102 Å². The number of ether oxygens (including phenoxy) is 1. The van der Waals surface area contributed by atoms with Gasteiger partial charge in [-0.1, -0.05) is 97.1 Å². The minimum atomic E-state index is -0.0176. The summed E-state index contributed by atoms with van der Waals surface area (Å²) in [6, 6.07) is 35.6. The van der Waals surface area contributed by atoms with Crippen molar-refractivity contribution in [3.05, 3.63) is 136 Å². The molecule has 1 saturated heterocycles. The van der Waals surface area contributed by atoms with Crippen LogP contribution in [0.5, 0.6) is 0 Å². The molecular formula is C31H30N2O. The van der Waals surface area contributed by atoms with Crippen LogP contribution >= 0.6 is 0 Å². The lowest BCUT2D eigenvalue weighted by Gasteiger charge is -2.33. The molecule has 3 nitrogen and oxygen atoms in total. The Morgan fingerprint density at radius 3 is 1.97 bits per heavy atom. The zero-order chi connectivity index (χ0) is 23.2. The van der Waals surface area contributed by atoms with Crippen molar-refractivity contribution in [3.8, 4) is 0 Å². The van der Waals surface area contributed by atoms with Gasteiger partial charge in [0.2, 0.25) is 0 Å². The zero-order valence-electron chi connectivity index (χ0n) is 19.3. The summed E-state index contributed by atoms with van der Waals surface area (Å²) in [6.07, 6.45) is 4.40. The molecular weight excluding hydrogens is 416 g/mol. The molecule has 3 heteroatoms. The van der Waals surface area contributed by atoms with E-state index < -0.39 is 0 Å². The third-order valence-corrected chi connectivity index (χ3v) is 6.32. The molecule has 4 aromatic carbocycles. The largest absolute Gasteiger partial charge is 0.398 e. The molecule has 1 fully saturated rings. The van der Waals surface area contributed by atoms with Crippen LogP contribution in [0.15, 0.2) is 103 Å². The maximum atomic E-state index is 6.55. The molecule has 1 aliphatic heterocycles. The molecule has 0 bridgehead atoms. The highest BCUT2D eigenvalue weighted by atomic mass is 16.5. The van der Waals surface area contributed by atoms with Crippen molar-refractivity contribution in [1.82, 2.24) is 4.90 Å². The lowest BCUT2D eigenvalue weighted by molar-refractivity contribution is -0.0333. The van der Waals surface area contributed by atoms with Crippen molar-refractivity contribution in [2.45, 2.75) is 12.6 Å². The van der Waals surface area contributed by atoms with Gasteiger partial charge in [0.1, 0.15) is 0 Å². The first kappa shape index (κ1) is 22.1. The van der Waals surface area contributed by atoms with E-state index in [1.165, 1.54) is 11.1 Å². The highest BCUT2D eigenvalue weighted by Gasteiger charge is 2.23. The number of rotatable bonds is 5. The third-order valence-electron chi connectivity index (χ3n) is 6.32. The average Bonchev–Trinajstić information content (AvgIpc) is 2.88. The molecule has 0 saturated carbocycles. The molecule has 4 aromatic rings. The number of nitrogen functional groups attached to an aromatic ring is 1. The van der Waals surface area contributed by atoms with Gasteiger partial charge in [0.05, 0.1) is 12.7 Å². The first-order chi connectivity index (χ1) is 16.8. The summed E-state index contributed by atoms with van der Waals surface area (Å²) in [5.74, 6) is 0. The van der Waals surface area contributed by atoms with E-state index in [1.807, 2.05) is 18.2 Å². The van der Waals surface area contributed by atoms with Crippen LogP contribution in [0, 0.1) is 0 Å². The van der Waals surface area contributed by atoms with E-state index in [0.717, 1.165) is 46.9 Å². The van der Waals surface area contributed by atoms with Gasteiger partial charge in [-0.25, -0.2) is 0 Å². The van der Waals surface area contributed by atoms with E-state index in [9.17, 15) is 0 Å². The summed E-state index contributed by atoms with van der Waals surface area (Å²) in [5, 5.41) is 2.16. The van der Waals surface area contributed by atoms with Crippen molar-refractivity contribution in [3.63, 3.8) is 0 Å². The highest BCUT2D eigenvalue weighted by molar-refractivity contribution is 5.61. The van der Waals surface area contributed by atoms with Crippen LogP contribution in [-0.2, 0) is 11.3 Å². The zero-order valence-corrected chi connectivity index (χ0v) is 19.3. The van der Waals surface area contributed by atoms with Gasteiger partial charge in [-0.2, -0.15) is 0 Å². The molecule has 1 aliphatic rings. The smallest absolute Gasteiger partial charge is 0.0958 e. The van der Waals surface area contributed by atoms with Crippen LogP contribution in [0.4, 0.5) is 5.69 Å². The van der Waals surface area contributed by atoms with Gasteiger partial charge in [-0.15, -0.1) is 0 Å². The number of benzene rings is 4. The lowest BCUT2D eigenvalue weighted by atomic mass is 9.98. The first-order valence-electron chi connectivity index (χ1n) is 11.9. The van der Waals surface area contributed by atoms with Gasteiger partial charge in [0, 0.05) is 30.5 Å². The Labute approximate surface area is 201 Å². The van der Waals surface area contributed by atoms with Gasteiger partial charge < -0.3 is 10.5 Å². The first-order valence-corrected chi connectivity index (χ1v) is 11.9. The molecule has 5 rings (SSSR count). The normalized spacial score (nSPS) is 17.7. The van der Waals surface area contributed by atoms with Crippen LogP contribution in [0.3, 0.4) is 0 Å². The number of hydrogen-bond donors (Lipinski definition) is 1. The Morgan fingerprint density at radius 1 is 0.735 bits per heavy atom. The molecule has 0 amide bonds. The fraction of sp³-hybridized carbons (Fsp3) is 0.161. The summed E-state index contributed by atoms with van der Waals surface area (Å²) in [6.45, 7) is 3.42. The molecule has 0 aromatic heterocycles. The van der Waals surface area contributed by atoms with Gasteiger partial charge in [-0.05, 0) is 45.7 Å². The number of nitrogens with zero attached hydrogens (tertiary/aromatic N) is 1. The fourth-order valence-electron chi connectivity index (χ4n) is 4.58. The molecule has 0 spiro atoms. The SMILES string of the molecule is Nc1ccc(C2CN(Cc3ccccc3)CCO2)c(=Cc2ccccc2)c1=Cc1ccccc1. The standard InChI is InChI=1S/C31H30N2O/c32-30-17-16-27(31-23-33(18-19-34-31)22-26-14-8-3-9-15-26)28(20-24-10-4-1-5-11-24)29(30)21-25-12-6-2-7-13-25/h1-17,20-21,31H,18-19,22-23,32H2. The Kier molecular flexibility index (Phi) is 6.85. The van der Waals surface area contributed by atoms with Crippen LogP contribution in [-0.4, -0.2) is 24.6 Å². The van der Waals surface area contributed by atoms with Gasteiger partial charge >= 0.3 is 0 Å². The number of anilines is 1. The Balaban J connectivity index is 1.59. The number of nitrogens with two attached hydrogens (primary N) is 1. The quantitative estimate of drug-likeness (QED) is 0.459. The van der Waals surface area contributed by atoms with E-state index in [0.29, 0.717) is 6.61 Å². The molecule has 34 heavy (non-hydrogen) atoms. The van der Waals surface area contributed by atoms with Crippen molar-refractivity contribution >= 4 is 17.8 Å². The van der Waals surface area contributed by atoms with Crippen molar-refractivity contribution in [2.24, 2.45) is 0 Å². The molecule has 2 N–H and O–H groups in total. The van der Waals surface area contributed by atoms with Crippen LogP contribution in [0.25, 0.3) is 12.2 Å². The molecule has 1 atom stereocenters. The van der Waals surface area contributed by atoms with Crippen molar-refractivity contribution in [2.75, 3.05) is 25.4 Å². The maximum absolute atomic E-state index is 6.55. The Hall–Kier alpha value is -3.66. The molecule has 0 aliphatic carbocycles. The predicted octanol–water partition coefficient (Wildman–Crippen LogP) is 4.50.